The van der Waals surface area contributed by atoms with Gasteiger partial charge in [0, 0.05) is 25.2 Å². The second-order valence-corrected chi connectivity index (χ2v) is 7.77. The van der Waals surface area contributed by atoms with Crippen LogP contribution in [0.1, 0.15) is 25.0 Å². The molecule has 0 spiro atoms. The normalized spacial score (nSPS) is 11.0. The van der Waals surface area contributed by atoms with Gasteiger partial charge in [-0.1, -0.05) is 36.4 Å². The molecule has 25 heavy (non-hydrogen) atoms. The summed E-state index contributed by atoms with van der Waals surface area (Å²) < 4.78 is 25.2. The third kappa shape index (κ3) is 5.72. The zero-order chi connectivity index (χ0) is 18.4. The minimum atomic E-state index is -3.51. The molecule has 0 unspecified atom stereocenters. The molecule has 0 aliphatic heterocycles. The summed E-state index contributed by atoms with van der Waals surface area (Å²) in [5.74, 6) is -0.947. The molecule has 2 aromatic rings. The van der Waals surface area contributed by atoms with Gasteiger partial charge in [0.2, 0.25) is 11.8 Å². The maximum Gasteiger partial charge on any atom is 0.221 e. The van der Waals surface area contributed by atoms with E-state index in [0.29, 0.717) is 22.5 Å². The third-order valence-corrected chi connectivity index (χ3v) is 4.91. The Balaban J connectivity index is 2.24. The molecule has 6 nitrogen and oxygen atoms in total. The van der Waals surface area contributed by atoms with Gasteiger partial charge >= 0.3 is 0 Å². The van der Waals surface area contributed by atoms with Crippen molar-refractivity contribution in [1.82, 2.24) is 0 Å². The van der Waals surface area contributed by atoms with Gasteiger partial charge < -0.3 is 10.6 Å². The molecule has 0 radical (unpaired) electrons. The monoisotopic (exact) mass is 360 g/mol. The van der Waals surface area contributed by atoms with E-state index < -0.39 is 9.84 Å². The quantitative estimate of drug-likeness (QED) is 0.828. The number of carbonyl (C=O) groups excluding carboxylic acids is 2. The van der Waals surface area contributed by atoms with E-state index in [4.69, 9.17) is 0 Å². The number of anilines is 2. The first kappa shape index (κ1) is 18.7. The van der Waals surface area contributed by atoms with Crippen molar-refractivity contribution in [3.8, 4) is 0 Å². The van der Waals surface area contributed by atoms with Crippen molar-refractivity contribution >= 4 is 33.0 Å². The molecule has 0 aliphatic rings. The van der Waals surface area contributed by atoms with Gasteiger partial charge in [-0.25, -0.2) is 8.42 Å². The average Bonchev–Trinajstić information content (AvgIpc) is 2.50. The van der Waals surface area contributed by atoms with Crippen LogP contribution in [-0.2, 0) is 30.9 Å². The first-order chi connectivity index (χ1) is 11.8. The maximum absolute atomic E-state index is 12.6. The van der Waals surface area contributed by atoms with Crippen LogP contribution >= 0.6 is 0 Å². The van der Waals surface area contributed by atoms with Gasteiger partial charge in [-0.2, -0.15) is 0 Å². The first-order valence-electron chi connectivity index (χ1n) is 7.68. The fraction of sp³-hybridized carbons (Fsp3) is 0.222. The molecular formula is C18H20N2O4S. The Kier molecular flexibility index (Phi) is 5.93. The molecule has 132 valence electrons. The summed E-state index contributed by atoms with van der Waals surface area (Å²) in [7, 11) is -3.51. The summed E-state index contributed by atoms with van der Waals surface area (Å²) in [5, 5.41) is 5.27. The highest BCUT2D eigenvalue weighted by molar-refractivity contribution is 7.89. The fourth-order valence-electron chi connectivity index (χ4n) is 2.44. The minimum absolute atomic E-state index is 0.210. The van der Waals surface area contributed by atoms with Crippen LogP contribution in [0.2, 0.25) is 0 Å². The van der Waals surface area contributed by atoms with E-state index >= 15 is 0 Å². The van der Waals surface area contributed by atoms with E-state index in [9.17, 15) is 18.0 Å². The summed E-state index contributed by atoms with van der Waals surface area (Å²) in [5.41, 5.74) is 2.01. The number of benzene rings is 2. The maximum atomic E-state index is 12.6. The Labute approximate surface area is 147 Å². The van der Waals surface area contributed by atoms with Crippen LogP contribution in [0.5, 0.6) is 0 Å². The molecule has 0 bridgehead atoms. The van der Waals surface area contributed by atoms with Crippen LogP contribution < -0.4 is 10.6 Å². The van der Waals surface area contributed by atoms with Crippen molar-refractivity contribution in [2.75, 3.05) is 10.6 Å². The molecule has 0 saturated carbocycles. The number of rotatable bonds is 6. The summed E-state index contributed by atoms with van der Waals surface area (Å²) >= 11 is 0. The standard InChI is InChI=1S/C18H20N2O4S/c1-13(21)19-17-9-5-3-7-15(17)11-25(23,24)12-16-8-4-6-10-18(16)20-14(2)22/h3-10H,11-12H2,1-2H3,(H,19,21)(H,20,22). The lowest BCUT2D eigenvalue weighted by molar-refractivity contribution is -0.115. The molecule has 0 atom stereocenters. The van der Waals surface area contributed by atoms with E-state index in [2.05, 4.69) is 10.6 Å². The van der Waals surface area contributed by atoms with E-state index in [0.717, 1.165) is 0 Å². The van der Waals surface area contributed by atoms with Gasteiger partial charge in [0.15, 0.2) is 9.84 Å². The van der Waals surface area contributed by atoms with Gasteiger partial charge in [-0.05, 0) is 23.3 Å². The van der Waals surface area contributed by atoms with Crippen LogP contribution in [-0.4, -0.2) is 20.2 Å². The van der Waals surface area contributed by atoms with Crippen LogP contribution in [0.3, 0.4) is 0 Å². The number of sulfone groups is 1. The van der Waals surface area contributed by atoms with E-state index in [-0.39, 0.29) is 23.3 Å². The topological polar surface area (TPSA) is 92.3 Å². The average molecular weight is 360 g/mol. The SMILES string of the molecule is CC(=O)Nc1ccccc1CS(=O)(=O)Cc1ccccc1NC(C)=O. The summed E-state index contributed by atoms with van der Waals surface area (Å²) in [6, 6.07) is 13.6. The number of nitrogens with one attached hydrogen (secondary N) is 2. The molecule has 2 aromatic carbocycles. The zero-order valence-corrected chi connectivity index (χ0v) is 14.9. The van der Waals surface area contributed by atoms with Crippen LogP contribution in [0.4, 0.5) is 11.4 Å². The minimum Gasteiger partial charge on any atom is -0.326 e. The van der Waals surface area contributed by atoms with Gasteiger partial charge in [-0.15, -0.1) is 0 Å². The highest BCUT2D eigenvalue weighted by Gasteiger charge is 2.18. The van der Waals surface area contributed by atoms with E-state index in [1.807, 2.05) is 0 Å². The van der Waals surface area contributed by atoms with E-state index in [1.165, 1.54) is 13.8 Å². The second-order valence-electron chi connectivity index (χ2n) is 5.71. The molecule has 0 heterocycles. The van der Waals surface area contributed by atoms with Gasteiger partial charge in [0.05, 0.1) is 11.5 Å². The van der Waals surface area contributed by atoms with Gasteiger partial charge in [0.1, 0.15) is 0 Å². The van der Waals surface area contributed by atoms with Crippen molar-refractivity contribution in [3.05, 3.63) is 59.7 Å². The van der Waals surface area contributed by atoms with Crippen LogP contribution in [0, 0.1) is 0 Å². The molecule has 2 rings (SSSR count). The number of carbonyl (C=O) groups is 2. The lowest BCUT2D eigenvalue weighted by Crippen LogP contribution is -2.14. The Morgan fingerprint density at radius 1 is 0.760 bits per heavy atom. The summed E-state index contributed by atoms with van der Waals surface area (Å²) in [4.78, 5) is 22.5. The zero-order valence-electron chi connectivity index (χ0n) is 14.1. The number of hydrogen-bond donors (Lipinski definition) is 2. The van der Waals surface area contributed by atoms with Crippen molar-refractivity contribution in [3.63, 3.8) is 0 Å². The van der Waals surface area contributed by atoms with Crippen molar-refractivity contribution in [2.45, 2.75) is 25.4 Å². The Bertz CT molecular complexity index is 824. The highest BCUT2D eigenvalue weighted by atomic mass is 32.2. The molecule has 0 fully saturated rings. The molecule has 0 aliphatic carbocycles. The van der Waals surface area contributed by atoms with Gasteiger partial charge in [0.25, 0.3) is 0 Å². The number of amides is 2. The van der Waals surface area contributed by atoms with Crippen LogP contribution in [0.25, 0.3) is 0 Å². The second kappa shape index (κ2) is 7.94. The van der Waals surface area contributed by atoms with Crippen molar-refractivity contribution in [1.29, 1.82) is 0 Å². The molecule has 2 amide bonds. The Morgan fingerprint density at radius 2 is 1.12 bits per heavy atom. The molecule has 2 N–H and O–H groups in total. The smallest absolute Gasteiger partial charge is 0.221 e. The first-order valence-corrected chi connectivity index (χ1v) is 9.50. The predicted octanol–water partition coefficient (Wildman–Crippen LogP) is 2.72. The summed E-state index contributed by atoms with van der Waals surface area (Å²) in [6.07, 6.45) is 0. The van der Waals surface area contributed by atoms with Gasteiger partial charge in [-0.3, -0.25) is 9.59 Å². The predicted molar refractivity (Wildman–Crippen MR) is 97.8 cm³/mol. The lowest BCUT2D eigenvalue weighted by atomic mass is 10.2. The van der Waals surface area contributed by atoms with Crippen molar-refractivity contribution in [2.24, 2.45) is 0 Å². The number of para-hydroxylation sites is 2. The Hall–Kier alpha value is -2.67. The fourth-order valence-corrected chi connectivity index (χ4v) is 3.99. The largest absolute Gasteiger partial charge is 0.326 e. The highest BCUT2D eigenvalue weighted by Crippen LogP contribution is 2.23. The summed E-state index contributed by atoms with van der Waals surface area (Å²) in [6.45, 7) is 2.74. The Morgan fingerprint density at radius 3 is 1.48 bits per heavy atom. The molecule has 0 saturated heterocycles. The lowest BCUT2D eigenvalue weighted by Gasteiger charge is -2.12. The van der Waals surface area contributed by atoms with Crippen LogP contribution in [0.15, 0.2) is 48.5 Å². The van der Waals surface area contributed by atoms with Crippen molar-refractivity contribution < 1.29 is 18.0 Å². The molecular weight excluding hydrogens is 340 g/mol. The third-order valence-electron chi connectivity index (χ3n) is 3.41. The number of hydrogen-bond acceptors (Lipinski definition) is 4. The molecule has 7 heteroatoms. The molecule has 0 aromatic heterocycles. The van der Waals surface area contributed by atoms with E-state index in [1.54, 1.807) is 48.5 Å².